The summed E-state index contributed by atoms with van der Waals surface area (Å²) in [6, 6.07) is 0. The number of Topliss-reactive ketones (excluding diaryl/α,β-unsaturated/α-hetero) is 1. The predicted molar refractivity (Wildman–Crippen MR) is 48.4 cm³/mol. The van der Waals surface area contributed by atoms with E-state index in [1.165, 1.54) is 0 Å². The molecule has 0 amide bonds. The van der Waals surface area contributed by atoms with E-state index in [1.54, 1.807) is 6.92 Å². The van der Waals surface area contributed by atoms with Gasteiger partial charge in [0.15, 0.2) is 0 Å². The quantitative estimate of drug-likeness (QED) is 0.725. The molecule has 74 valence electrons. The Morgan fingerprint density at radius 1 is 1.38 bits per heavy atom. The minimum Gasteiger partial charge on any atom is -0.481 e. The molecule has 3 nitrogen and oxygen atoms in total. The highest BCUT2D eigenvalue weighted by Gasteiger charge is 2.27. The number of carbonyl (C=O) groups excluding carboxylic acids is 1. The average molecular weight is 184 g/mol. The Morgan fingerprint density at radius 3 is 2.38 bits per heavy atom. The van der Waals surface area contributed by atoms with Gasteiger partial charge in [-0.15, -0.1) is 0 Å². The van der Waals surface area contributed by atoms with Crippen molar-refractivity contribution in [1.29, 1.82) is 0 Å². The average Bonchev–Trinajstić information content (AvgIpc) is 2.53. The zero-order valence-corrected chi connectivity index (χ0v) is 7.95. The molecule has 0 saturated heterocycles. The monoisotopic (exact) mass is 184 g/mol. The van der Waals surface area contributed by atoms with Crippen LogP contribution in [-0.2, 0) is 9.59 Å². The summed E-state index contributed by atoms with van der Waals surface area (Å²) in [4.78, 5) is 22.0. The summed E-state index contributed by atoms with van der Waals surface area (Å²) in [6.07, 6.45) is 4.15. The number of carbonyl (C=O) groups is 2. The highest BCUT2D eigenvalue weighted by atomic mass is 16.4. The second-order valence-electron chi connectivity index (χ2n) is 3.88. The van der Waals surface area contributed by atoms with E-state index in [1.807, 2.05) is 0 Å². The number of rotatable bonds is 4. The van der Waals surface area contributed by atoms with E-state index in [-0.39, 0.29) is 24.0 Å². The Kier molecular flexibility index (Phi) is 3.46. The van der Waals surface area contributed by atoms with Crippen molar-refractivity contribution < 1.29 is 14.7 Å². The fourth-order valence-electron chi connectivity index (χ4n) is 1.98. The maximum Gasteiger partial charge on any atom is 0.304 e. The summed E-state index contributed by atoms with van der Waals surface area (Å²) in [6.45, 7) is 1.72. The molecule has 3 heteroatoms. The zero-order chi connectivity index (χ0) is 9.84. The van der Waals surface area contributed by atoms with Crippen molar-refractivity contribution in [3.05, 3.63) is 0 Å². The third-order valence-electron chi connectivity index (χ3n) is 2.72. The van der Waals surface area contributed by atoms with Gasteiger partial charge in [0.25, 0.3) is 0 Å². The van der Waals surface area contributed by atoms with Crippen LogP contribution in [0.4, 0.5) is 0 Å². The van der Waals surface area contributed by atoms with Gasteiger partial charge in [-0.05, 0) is 12.8 Å². The lowest BCUT2D eigenvalue weighted by Crippen LogP contribution is -2.21. The Morgan fingerprint density at radius 2 is 1.92 bits per heavy atom. The molecular weight excluding hydrogens is 168 g/mol. The summed E-state index contributed by atoms with van der Waals surface area (Å²) < 4.78 is 0. The molecule has 1 N–H and O–H groups in total. The van der Waals surface area contributed by atoms with E-state index in [0.717, 1.165) is 25.7 Å². The van der Waals surface area contributed by atoms with Gasteiger partial charge in [-0.2, -0.15) is 0 Å². The lowest BCUT2D eigenvalue weighted by Gasteiger charge is -2.12. The Hall–Kier alpha value is -0.860. The summed E-state index contributed by atoms with van der Waals surface area (Å²) in [5.41, 5.74) is 0. The molecule has 0 spiro atoms. The van der Waals surface area contributed by atoms with E-state index >= 15 is 0 Å². The topological polar surface area (TPSA) is 54.4 Å². The van der Waals surface area contributed by atoms with Gasteiger partial charge in [0.2, 0.25) is 0 Å². The van der Waals surface area contributed by atoms with Crippen LogP contribution in [-0.4, -0.2) is 16.9 Å². The summed E-state index contributed by atoms with van der Waals surface area (Å²) in [5.74, 6) is -0.881. The summed E-state index contributed by atoms with van der Waals surface area (Å²) in [5, 5.41) is 8.52. The minimum absolute atomic E-state index is 0.0185. The molecule has 1 unspecified atom stereocenters. The molecule has 1 atom stereocenters. The molecule has 0 heterocycles. The molecular formula is C10H16O3. The SMILES string of the molecule is CC(CC(=O)O)C(=O)C1CCCC1. The third-order valence-corrected chi connectivity index (χ3v) is 2.72. The summed E-state index contributed by atoms with van der Waals surface area (Å²) in [7, 11) is 0. The van der Waals surface area contributed by atoms with E-state index in [0.29, 0.717) is 0 Å². The Balaban J connectivity index is 2.41. The first kappa shape index (κ1) is 10.2. The Bertz CT molecular complexity index is 204. The van der Waals surface area contributed by atoms with Crippen LogP contribution < -0.4 is 0 Å². The van der Waals surface area contributed by atoms with E-state index < -0.39 is 5.97 Å². The van der Waals surface area contributed by atoms with Crippen molar-refractivity contribution in [2.75, 3.05) is 0 Å². The molecule has 0 radical (unpaired) electrons. The van der Waals surface area contributed by atoms with Crippen molar-refractivity contribution in [2.45, 2.75) is 39.0 Å². The van der Waals surface area contributed by atoms with Gasteiger partial charge >= 0.3 is 5.97 Å². The van der Waals surface area contributed by atoms with Gasteiger partial charge in [0, 0.05) is 11.8 Å². The van der Waals surface area contributed by atoms with Crippen LogP contribution in [0.3, 0.4) is 0 Å². The van der Waals surface area contributed by atoms with Crippen LogP contribution in [0.15, 0.2) is 0 Å². The Labute approximate surface area is 78.1 Å². The molecule has 0 aliphatic heterocycles. The second-order valence-corrected chi connectivity index (χ2v) is 3.88. The normalized spacial score (nSPS) is 20.1. The maximum atomic E-state index is 11.6. The number of aliphatic carboxylic acids is 1. The highest BCUT2D eigenvalue weighted by molar-refractivity contribution is 5.86. The first-order chi connectivity index (χ1) is 6.11. The number of hydrogen-bond donors (Lipinski definition) is 1. The molecule has 1 aliphatic carbocycles. The van der Waals surface area contributed by atoms with E-state index in [9.17, 15) is 9.59 Å². The van der Waals surface area contributed by atoms with Crippen molar-refractivity contribution in [3.63, 3.8) is 0 Å². The third kappa shape index (κ3) is 2.83. The standard InChI is InChI=1S/C10H16O3/c1-7(6-9(11)12)10(13)8-4-2-3-5-8/h7-8H,2-6H2,1H3,(H,11,12). The lowest BCUT2D eigenvalue weighted by atomic mass is 9.91. The van der Waals surface area contributed by atoms with Gasteiger partial charge in [-0.3, -0.25) is 9.59 Å². The summed E-state index contributed by atoms with van der Waals surface area (Å²) >= 11 is 0. The molecule has 1 fully saturated rings. The number of carboxylic acids is 1. The molecule has 1 saturated carbocycles. The molecule has 0 aromatic carbocycles. The number of hydrogen-bond acceptors (Lipinski definition) is 2. The predicted octanol–water partition coefficient (Wildman–Crippen LogP) is 1.86. The van der Waals surface area contributed by atoms with Gasteiger partial charge in [0.1, 0.15) is 5.78 Å². The lowest BCUT2D eigenvalue weighted by molar-refractivity contribution is -0.141. The molecule has 1 rings (SSSR count). The van der Waals surface area contributed by atoms with Crippen LogP contribution in [0.2, 0.25) is 0 Å². The second kappa shape index (κ2) is 4.40. The number of ketones is 1. The van der Waals surface area contributed by atoms with Gasteiger partial charge in [-0.25, -0.2) is 0 Å². The van der Waals surface area contributed by atoms with Crippen LogP contribution in [0.1, 0.15) is 39.0 Å². The molecule has 1 aliphatic rings. The van der Waals surface area contributed by atoms with Crippen LogP contribution in [0, 0.1) is 11.8 Å². The van der Waals surface area contributed by atoms with E-state index in [2.05, 4.69) is 0 Å². The van der Waals surface area contributed by atoms with Gasteiger partial charge in [0.05, 0.1) is 6.42 Å². The zero-order valence-electron chi connectivity index (χ0n) is 7.95. The van der Waals surface area contributed by atoms with Crippen LogP contribution in [0.5, 0.6) is 0 Å². The molecule has 13 heavy (non-hydrogen) atoms. The van der Waals surface area contributed by atoms with Crippen LogP contribution in [0.25, 0.3) is 0 Å². The van der Waals surface area contributed by atoms with Crippen LogP contribution >= 0.6 is 0 Å². The number of carboxylic acid groups (broad SMARTS) is 1. The largest absolute Gasteiger partial charge is 0.481 e. The minimum atomic E-state index is -0.876. The first-order valence-electron chi connectivity index (χ1n) is 4.86. The van der Waals surface area contributed by atoms with Crippen molar-refractivity contribution in [1.82, 2.24) is 0 Å². The molecule has 0 aromatic heterocycles. The maximum absolute atomic E-state index is 11.6. The van der Waals surface area contributed by atoms with Crippen molar-refractivity contribution in [2.24, 2.45) is 11.8 Å². The molecule has 0 bridgehead atoms. The first-order valence-corrected chi connectivity index (χ1v) is 4.86. The fraction of sp³-hybridized carbons (Fsp3) is 0.800. The van der Waals surface area contributed by atoms with Gasteiger partial charge in [-0.1, -0.05) is 19.8 Å². The van der Waals surface area contributed by atoms with Crippen molar-refractivity contribution >= 4 is 11.8 Å². The van der Waals surface area contributed by atoms with Crippen molar-refractivity contribution in [3.8, 4) is 0 Å². The fourth-order valence-corrected chi connectivity index (χ4v) is 1.98. The van der Waals surface area contributed by atoms with E-state index in [4.69, 9.17) is 5.11 Å². The van der Waals surface area contributed by atoms with Gasteiger partial charge < -0.3 is 5.11 Å². The molecule has 0 aromatic rings. The highest BCUT2D eigenvalue weighted by Crippen LogP contribution is 2.28. The smallest absolute Gasteiger partial charge is 0.304 e.